The Morgan fingerprint density at radius 3 is 2.27 bits per heavy atom. The molecular formula is C6H4FO3S. The van der Waals surface area contributed by atoms with Crippen molar-refractivity contribution in [3.63, 3.8) is 0 Å². The lowest BCUT2D eigenvalue weighted by Gasteiger charge is -1.92. The molecule has 0 aromatic heterocycles. The molecule has 5 heteroatoms. The van der Waals surface area contributed by atoms with Crippen LogP contribution in [0.15, 0.2) is 29.2 Å². The summed E-state index contributed by atoms with van der Waals surface area (Å²) in [6.07, 6.45) is 0. The summed E-state index contributed by atoms with van der Waals surface area (Å²) in [5, 5.41) is 0. The monoisotopic (exact) mass is 175 g/mol. The van der Waals surface area contributed by atoms with Crippen molar-refractivity contribution in [2.24, 2.45) is 0 Å². The van der Waals surface area contributed by atoms with Crippen molar-refractivity contribution in [3.05, 3.63) is 30.1 Å². The molecule has 0 saturated heterocycles. The van der Waals surface area contributed by atoms with Crippen LogP contribution >= 0.6 is 0 Å². The van der Waals surface area contributed by atoms with Gasteiger partial charge in [-0.15, -0.1) is 0 Å². The number of rotatable bonds is 1. The van der Waals surface area contributed by atoms with Crippen LogP contribution in [-0.4, -0.2) is 8.42 Å². The van der Waals surface area contributed by atoms with E-state index in [4.69, 9.17) is 0 Å². The van der Waals surface area contributed by atoms with E-state index in [9.17, 15) is 17.4 Å². The molecule has 0 bridgehead atoms. The zero-order valence-corrected chi connectivity index (χ0v) is 6.14. The summed E-state index contributed by atoms with van der Waals surface area (Å²) in [4.78, 5) is -0.544. The number of benzene rings is 1. The van der Waals surface area contributed by atoms with Crippen molar-refractivity contribution in [2.45, 2.75) is 4.90 Å². The summed E-state index contributed by atoms with van der Waals surface area (Å²) in [5.74, 6) is -0.734. The molecule has 11 heavy (non-hydrogen) atoms. The van der Waals surface area contributed by atoms with Crippen molar-refractivity contribution in [3.8, 4) is 0 Å². The second kappa shape index (κ2) is 2.60. The lowest BCUT2D eigenvalue weighted by molar-refractivity contribution is 0.413. The van der Waals surface area contributed by atoms with E-state index in [1.165, 1.54) is 6.07 Å². The molecule has 0 aliphatic rings. The largest absolute Gasteiger partial charge is 0.324 e. The van der Waals surface area contributed by atoms with Crippen LogP contribution in [0.5, 0.6) is 0 Å². The Morgan fingerprint density at radius 2 is 1.91 bits per heavy atom. The zero-order chi connectivity index (χ0) is 8.48. The highest BCUT2D eigenvalue weighted by atomic mass is 32.2. The summed E-state index contributed by atoms with van der Waals surface area (Å²) in [7, 11) is -4.52. The minimum absolute atomic E-state index is 0.544. The standard InChI is InChI=1S/C6H4FO3S/c7-5-2-1-3-6(4-5)11(8,9)10/h1-4H. The first-order chi connectivity index (χ1) is 5.00. The Bertz CT molecular complexity index is 358. The predicted molar refractivity (Wildman–Crippen MR) is 34.3 cm³/mol. The van der Waals surface area contributed by atoms with Gasteiger partial charge >= 0.3 is 10.1 Å². The molecule has 0 spiro atoms. The van der Waals surface area contributed by atoms with Crippen molar-refractivity contribution in [2.75, 3.05) is 0 Å². The smallest absolute Gasteiger partial charge is 0.207 e. The average Bonchev–Trinajstić information content (AvgIpc) is 1.86. The van der Waals surface area contributed by atoms with Crippen LogP contribution in [0, 0.1) is 5.82 Å². The summed E-state index contributed by atoms with van der Waals surface area (Å²) < 4.78 is 43.1. The van der Waals surface area contributed by atoms with Crippen LogP contribution in [0.4, 0.5) is 4.39 Å². The van der Waals surface area contributed by atoms with Crippen LogP contribution in [0.1, 0.15) is 0 Å². The van der Waals surface area contributed by atoms with E-state index in [-0.39, 0.29) is 0 Å². The highest BCUT2D eigenvalue weighted by molar-refractivity contribution is 7.85. The minimum Gasteiger partial charge on any atom is -0.207 e. The Hall–Kier alpha value is -0.940. The molecule has 59 valence electrons. The molecule has 0 aliphatic heterocycles. The first kappa shape index (κ1) is 8.16. The van der Waals surface area contributed by atoms with Gasteiger partial charge in [-0.25, -0.2) is 4.39 Å². The Labute approximate surface area is 63.2 Å². The molecule has 1 aromatic rings. The summed E-state index contributed by atoms with van der Waals surface area (Å²) in [6.45, 7) is 0. The van der Waals surface area contributed by atoms with Crippen LogP contribution in [0.2, 0.25) is 0 Å². The second-order valence-corrected chi connectivity index (χ2v) is 3.29. The third-order valence-corrected chi connectivity index (χ3v) is 1.92. The van der Waals surface area contributed by atoms with E-state index in [2.05, 4.69) is 0 Å². The van der Waals surface area contributed by atoms with E-state index in [1.807, 2.05) is 0 Å². The van der Waals surface area contributed by atoms with Crippen LogP contribution in [-0.2, 0) is 14.7 Å². The van der Waals surface area contributed by atoms with Gasteiger partial charge in [-0.1, -0.05) is 10.6 Å². The van der Waals surface area contributed by atoms with Crippen LogP contribution in [0.25, 0.3) is 0 Å². The Kier molecular flexibility index (Phi) is 1.92. The van der Waals surface area contributed by atoms with Crippen molar-refractivity contribution in [1.82, 2.24) is 0 Å². The molecule has 1 radical (unpaired) electrons. The fraction of sp³-hybridized carbons (Fsp3) is 0. The lowest BCUT2D eigenvalue weighted by atomic mass is 10.4. The highest BCUT2D eigenvalue weighted by Gasteiger charge is 2.10. The van der Waals surface area contributed by atoms with Gasteiger partial charge in [0.2, 0.25) is 0 Å². The Morgan fingerprint density at radius 1 is 1.27 bits per heavy atom. The maximum Gasteiger partial charge on any atom is 0.324 e. The summed E-state index contributed by atoms with van der Waals surface area (Å²) >= 11 is 0. The molecule has 0 amide bonds. The summed E-state index contributed by atoms with van der Waals surface area (Å²) in [5.41, 5.74) is 0. The second-order valence-electron chi connectivity index (χ2n) is 1.91. The molecule has 0 saturated carbocycles. The molecular weight excluding hydrogens is 171 g/mol. The average molecular weight is 175 g/mol. The predicted octanol–water partition coefficient (Wildman–Crippen LogP) is 0.945. The van der Waals surface area contributed by atoms with E-state index in [0.29, 0.717) is 6.07 Å². The van der Waals surface area contributed by atoms with Gasteiger partial charge in [0.1, 0.15) is 5.82 Å². The molecule has 3 nitrogen and oxygen atoms in total. The van der Waals surface area contributed by atoms with Gasteiger partial charge in [-0.2, -0.15) is 8.42 Å². The fourth-order valence-corrected chi connectivity index (χ4v) is 1.12. The molecule has 0 atom stereocenters. The third-order valence-electron chi connectivity index (χ3n) is 1.08. The Balaban J connectivity index is 3.28. The third kappa shape index (κ3) is 1.99. The van der Waals surface area contributed by atoms with Gasteiger partial charge in [0.25, 0.3) is 0 Å². The van der Waals surface area contributed by atoms with Gasteiger partial charge in [0.05, 0.1) is 4.90 Å². The maximum atomic E-state index is 12.3. The van der Waals surface area contributed by atoms with E-state index in [0.717, 1.165) is 12.1 Å². The molecule has 0 fully saturated rings. The molecule has 0 heterocycles. The van der Waals surface area contributed by atoms with Gasteiger partial charge < -0.3 is 0 Å². The first-order valence-electron chi connectivity index (χ1n) is 2.71. The maximum absolute atomic E-state index is 12.3. The topological polar surface area (TPSA) is 54.0 Å². The first-order valence-corrected chi connectivity index (χ1v) is 4.12. The molecule has 0 N–H and O–H groups in total. The van der Waals surface area contributed by atoms with Crippen LogP contribution in [0.3, 0.4) is 0 Å². The van der Waals surface area contributed by atoms with E-state index >= 15 is 0 Å². The minimum atomic E-state index is -4.52. The highest BCUT2D eigenvalue weighted by Crippen LogP contribution is 2.09. The molecule has 1 rings (SSSR count). The molecule has 0 unspecified atom stereocenters. The zero-order valence-electron chi connectivity index (χ0n) is 5.32. The van der Waals surface area contributed by atoms with Crippen LogP contribution < -0.4 is 0 Å². The normalized spacial score (nSPS) is 11.5. The number of hydrogen-bond acceptors (Lipinski definition) is 2. The molecule has 0 aliphatic carbocycles. The molecule has 1 aromatic carbocycles. The fourth-order valence-electron chi connectivity index (χ4n) is 0.623. The van der Waals surface area contributed by atoms with Crippen molar-refractivity contribution >= 4 is 10.1 Å². The van der Waals surface area contributed by atoms with E-state index < -0.39 is 20.8 Å². The van der Waals surface area contributed by atoms with Crippen molar-refractivity contribution in [1.29, 1.82) is 0 Å². The van der Waals surface area contributed by atoms with Gasteiger partial charge in [0.15, 0.2) is 0 Å². The SMILES string of the molecule is [O]S(=O)(=O)c1cccc(F)c1. The number of hydrogen-bond donors (Lipinski definition) is 0. The lowest BCUT2D eigenvalue weighted by Crippen LogP contribution is -1.95. The van der Waals surface area contributed by atoms with Gasteiger partial charge in [-0.3, -0.25) is 0 Å². The quantitative estimate of drug-likeness (QED) is 0.637. The van der Waals surface area contributed by atoms with Gasteiger partial charge in [-0.05, 0) is 18.2 Å². The van der Waals surface area contributed by atoms with Crippen molar-refractivity contribution < 1.29 is 17.4 Å². The summed E-state index contributed by atoms with van der Waals surface area (Å²) in [6, 6.07) is 3.96. The van der Waals surface area contributed by atoms with Gasteiger partial charge in [0, 0.05) is 0 Å². The number of halogens is 1. The van der Waals surface area contributed by atoms with E-state index in [1.54, 1.807) is 0 Å².